The summed E-state index contributed by atoms with van der Waals surface area (Å²) in [5.74, 6) is -3.59. The Bertz CT molecular complexity index is 1600. The Balaban J connectivity index is 1.64. The summed E-state index contributed by atoms with van der Waals surface area (Å²) in [4.78, 5) is 25.9. The molecule has 1 saturated heterocycles. The lowest BCUT2D eigenvalue weighted by molar-refractivity contribution is -0.348. The highest BCUT2D eigenvalue weighted by Gasteiger charge is 2.74. The van der Waals surface area contributed by atoms with Crippen LogP contribution in [0.4, 0.5) is 35.1 Å². The molecule has 2 fully saturated rings. The Kier molecular flexibility index (Phi) is 7.83. The van der Waals surface area contributed by atoms with Gasteiger partial charge in [-0.05, 0) is 80.3 Å². The van der Waals surface area contributed by atoms with Gasteiger partial charge in [-0.2, -0.15) is 26.3 Å². The molecule has 0 radical (unpaired) electrons. The number of carbonyl (C=O) groups excluding carboxylic acids is 1. The Morgan fingerprint density at radius 2 is 1.44 bits per heavy atom. The van der Waals surface area contributed by atoms with E-state index in [2.05, 4.69) is 0 Å². The minimum absolute atomic E-state index is 0.0376. The molecule has 2 aromatic rings. The van der Waals surface area contributed by atoms with E-state index in [0.717, 1.165) is 29.2 Å². The first-order chi connectivity index (χ1) is 20.7. The fraction of sp³-hybridized carbons (Fsp3) is 0.517. The van der Waals surface area contributed by atoms with Crippen molar-refractivity contribution >= 4 is 21.7 Å². The van der Waals surface area contributed by atoms with Gasteiger partial charge in [0.15, 0.2) is 9.84 Å². The van der Waals surface area contributed by atoms with Crippen LogP contribution in [0, 0.1) is 11.7 Å². The molecule has 7 nitrogen and oxygen atoms in total. The summed E-state index contributed by atoms with van der Waals surface area (Å²) in [6.45, 7) is -0.298. The molecule has 1 aliphatic heterocycles. The summed E-state index contributed by atoms with van der Waals surface area (Å²) >= 11 is 0. The average molecular weight is 670 g/mol. The number of aryl methyl sites for hydroxylation is 1. The first kappa shape index (κ1) is 33.1. The molecule has 2 aliphatic carbocycles. The van der Waals surface area contributed by atoms with E-state index in [1.54, 1.807) is 0 Å². The minimum atomic E-state index is -6.40. The number of halogens is 8. The predicted molar refractivity (Wildman–Crippen MR) is 140 cm³/mol. The van der Waals surface area contributed by atoms with Crippen LogP contribution in [0.1, 0.15) is 55.2 Å². The number of hydrogen-bond donors (Lipinski definition) is 2. The van der Waals surface area contributed by atoms with Crippen LogP contribution in [0.15, 0.2) is 47.4 Å². The number of aliphatic hydroxyl groups is 1. The predicted octanol–water partition coefficient (Wildman–Crippen LogP) is 5.34. The van der Waals surface area contributed by atoms with E-state index >= 15 is 0 Å². The summed E-state index contributed by atoms with van der Waals surface area (Å²) in [5.41, 5.74) is -10.1. The van der Waals surface area contributed by atoms with Gasteiger partial charge >= 0.3 is 24.0 Å². The number of hydrogen-bond acceptors (Lipinski definition) is 5. The monoisotopic (exact) mass is 669 g/mol. The second-order valence-corrected chi connectivity index (χ2v) is 14.0. The van der Waals surface area contributed by atoms with E-state index in [9.17, 15) is 63.3 Å². The molecule has 1 saturated carbocycles. The van der Waals surface area contributed by atoms with Gasteiger partial charge in [-0.25, -0.2) is 17.2 Å². The fourth-order valence-electron chi connectivity index (χ4n) is 7.12. The highest BCUT2D eigenvalue weighted by molar-refractivity contribution is 7.92. The Hall–Kier alpha value is -3.27. The number of likely N-dealkylation sites (tertiary alicyclic amines) is 1. The number of benzene rings is 2. The molecule has 2 N–H and O–H groups in total. The summed E-state index contributed by atoms with van der Waals surface area (Å²) < 4.78 is 137. The molecule has 2 aromatic carbocycles. The number of alkyl halides is 7. The Morgan fingerprint density at radius 1 is 0.867 bits per heavy atom. The first-order valence-corrected chi connectivity index (χ1v) is 15.4. The van der Waals surface area contributed by atoms with Crippen LogP contribution in [-0.4, -0.2) is 65.9 Å². The molecule has 246 valence electrons. The molecular weight excluding hydrogens is 642 g/mol. The molecule has 45 heavy (non-hydrogen) atoms. The van der Waals surface area contributed by atoms with E-state index in [-0.39, 0.29) is 62.3 Å². The van der Waals surface area contributed by atoms with Crippen molar-refractivity contribution in [3.63, 3.8) is 0 Å². The quantitative estimate of drug-likeness (QED) is 0.329. The number of fused-ring (bicyclic) bond motifs is 3. The second kappa shape index (κ2) is 10.6. The third-order valence-electron chi connectivity index (χ3n) is 9.49. The van der Waals surface area contributed by atoms with E-state index < -0.39 is 84.7 Å². The van der Waals surface area contributed by atoms with Crippen LogP contribution in [-0.2, 0) is 36.3 Å². The minimum Gasteiger partial charge on any atom is -0.481 e. The number of amides is 1. The van der Waals surface area contributed by atoms with Crippen LogP contribution in [0.3, 0.4) is 0 Å². The molecule has 3 aliphatic rings. The lowest BCUT2D eigenvalue weighted by atomic mass is 9.75. The van der Waals surface area contributed by atoms with E-state index in [1.165, 1.54) is 0 Å². The van der Waals surface area contributed by atoms with Crippen molar-refractivity contribution in [3.8, 4) is 0 Å². The van der Waals surface area contributed by atoms with Crippen molar-refractivity contribution in [2.45, 2.75) is 84.3 Å². The molecule has 0 bridgehead atoms. The maximum atomic E-state index is 15.0. The third kappa shape index (κ3) is 4.89. The van der Waals surface area contributed by atoms with Gasteiger partial charge in [0.2, 0.25) is 0 Å². The Morgan fingerprint density at radius 3 is 1.98 bits per heavy atom. The number of sulfone groups is 1. The van der Waals surface area contributed by atoms with Crippen LogP contribution >= 0.6 is 0 Å². The van der Waals surface area contributed by atoms with Crippen molar-refractivity contribution < 1.29 is 63.3 Å². The zero-order chi connectivity index (χ0) is 33.4. The topological polar surface area (TPSA) is 112 Å². The summed E-state index contributed by atoms with van der Waals surface area (Å²) in [6.07, 6.45) is -14.4. The number of carboxylic acid groups (broad SMARTS) is 1. The van der Waals surface area contributed by atoms with Gasteiger partial charge < -0.3 is 15.1 Å². The summed E-state index contributed by atoms with van der Waals surface area (Å²) in [6, 6.07) is 3.56. The van der Waals surface area contributed by atoms with Crippen LogP contribution in [0.2, 0.25) is 0 Å². The van der Waals surface area contributed by atoms with E-state index in [1.807, 2.05) is 0 Å². The van der Waals surface area contributed by atoms with Gasteiger partial charge in [0.05, 0.1) is 16.9 Å². The molecule has 1 heterocycles. The van der Waals surface area contributed by atoms with Crippen molar-refractivity contribution in [1.82, 2.24) is 4.90 Å². The second-order valence-electron chi connectivity index (χ2n) is 11.8. The average Bonchev–Trinajstić information content (AvgIpc) is 3.37. The normalized spacial score (nSPS) is 27.5. The van der Waals surface area contributed by atoms with E-state index in [4.69, 9.17) is 0 Å². The standard InChI is InChI=1S/C29H27F8NO6S/c30-19-3-5-20(6-4-19)45(43,44)26-13-14-38(24(41)25(42)11-9-16(10-12-25)23(39)40)22(26)8-1-17-15-18(2-7-21(17)26)27(31,28(32,33)34)29(35,36)37/h2-7,15-16,22,42H,1,8-14H2,(H,39,40)/t16?,22-,25?,26-/m0/s1. The lowest BCUT2D eigenvalue weighted by Crippen LogP contribution is -2.57. The summed E-state index contributed by atoms with van der Waals surface area (Å²) in [7, 11) is -4.69. The van der Waals surface area contributed by atoms with Gasteiger partial charge in [-0.15, -0.1) is 0 Å². The maximum absolute atomic E-state index is 15.0. The molecule has 1 amide bonds. The molecule has 2 atom stereocenters. The van der Waals surface area contributed by atoms with Gasteiger partial charge in [0, 0.05) is 12.1 Å². The van der Waals surface area contributed by atoms with E-state index in [0.29, 0.717) is 12.1 Å². The zero-order valence-electron chi connectivity index (χ0n) is 23.3. The summed E-state index contributed by atoms with van der Waals surface area (Å²) in [5, 5.41) is 20.6. The Labute approximate surface area is 251 Å². The number of rotatable bonds is 5. The smallest absolute Gasteiger partial charge is 0.435 e. The largest absolute Gasteiger partial charge is 0.481 e. The van der Waals surface area contributed by atoms with Crippen LogP contribution in [0.5, 0.6) is 0 Å². The first-order valence-electron chi connectivity index (χ1n) is 13.9. The van der Waals surface area contributed by atoms with Gasteiger partial charge in [0.1, 0.15) is 16.2 Å². The molecule has 16 heteroatoms. The van der Waals surface area contributed by atoms with Crippen molar-refractivity contribution in [2.24, 2.45) is 5.92 Å². The van der Waals surface area contributed by atoms with Crippen LogP contribution < -0.4 is 0 Å². The number of aliphatic carboxylic acids is 1. The van der Waals surface area contributed by atoms with Gasteiger partial charge in [0.25, 0.3) is 5.91 Å². The van der Waals surface area contributed by atoms with Gasteiger partial charge in [-0.1, -0.05) is 18.2 Å². The number of nitrogens with zero attached hydrogens (tertiary/aromatic N) is 1. The molecular formula is C29H27F8NO6S. The molecule has 0 unspecified atom stereocenters. The lowest BCUT2D eigenvalue weighted by Gasteiger charge is -2.45. The SMILES string of the molecule is O=C(O)C1CCC(O)(C(=O)N2CC[C@]3(S(=O)(=O)c4ccc(F)cc4)c4ccc(C(F)(C(F)(F)F)C(F)(F)F)cc4CC[C@H]23)CC1. The maximum Gasteiger partial charge on any atom is 0.435 e. The number of carboxylic acids is 1. The van der Waals surface area contributed by atoms with Crippen molar-refractivity contribution in [3.05, 3.63) is 65.0 Å². The van der Waals surface area contributed by atoms with Crippen LogP contribution in [0.25, 0.3) is 0 Å². The third-order valence-corrected chi connectivity index (χ3v) is 12.0. The van der Waals surface area contributed by atoms with Crippen molar-refractivity contribution in [2.75, 3.05) is 6.54 Å². The van der Waals surface area contributed by atoms with Gasteiger partial charge in [-0.3, -0.25) is 9.59 Å². The zero-order valence-corrected chi connectivity index (χ0v) is 24.1. The molecule has 0 spiro atoms. The molecule has 5 rings (SSSR count). The highest BCUT2D eigenvalue weighted by Crippen LogP contribution is 2.57. The fourth-order valence-corrected chi connectivity index (χ4v) is 9.49. The van der Waals surface area contributed by atoms with Crippen molar-refractivity contribution in [1.29, 1.82) is 0 Å². The number of carbonyl (C=O) groups is 2. The molecule has 0 aromatic heterocycles. The highest BCUT2D eigenvalue weighted by atomic mass is 32.2.